The normalized spacial score (nSPS) is 12.8. The van der Waals surface area contributed by atoms with Gasteiger partial charge < -0.3 is 10.1 Å². The van der Waals surface area contributed by atoms with Crippen LogP contribution in [-0.4, -0.2) is 25.8 Å². The first-order valence-corrected chi connectivity index (χ1v) is 7.59. The van der Waals surface area contributed by atoms with Crippen LogP contribution in [0.15, 0.2) is 30.3 Å². The Kier molecular flexibility index (Phi) is 8.52. The largest absolute Gasteiger partial charge is 0.380 e. The van der Waals surface area contributed by atoms with E-state index >= 15 is 0 Å². The molecule has 0 radical (unpaired) electrons. The van der Waals surface area contributed by atoms with Crippen molar-refractivity contribution in [1.82, 2.24) is 5.32 Å². The third kappa shape index (κ3) is 7.34. The minimum absolute atomic E-state index is 0.483. The van der Waals surface area contributed by atoms with Gasteiger partial charge in [0.2, 0.25) is 0 Å². The molecular formula is C17H29NO. The maximum absolute atomic E-state index is 5.81. The molecule has 0 aliphatic carbocycles. The molecule has 0 bridgehead atoms. The molecule has 0 heterocycles. The first kappa shape index (κ1) is 16.2. The van der Waals surface area contributed by atoms with E-state index in [-0.39, 0.29) is 0 Å². The lowest BCUT2D eigenvalue weighted by molar-refractivity contribution is 0.0964. The van der Waals surface area contributed by atoms with Crippen LogP contribution in [0, 0.1) is 5.92 Å². The van der Waals surface area contributed by atoms with Crippen LogP contribution in [0.3, 0.4) is 0 Å². The average molecular weight is 263 g/mol. The molecule has 0 amide bonds. The fraction of sp³-hybridized carbons (Fsp3) is 0.647. The Labute approximate surface area is 118 Å². The van der Waals surface area contributed by atoms with Gasteiger partial charge in [-0.1, -0.05) is 51.1 Å². The van der Waals surface area contributed by atoms with Crippen LogP contribution in [0.2, 0.25) is 0 Å². The van der Waals surface area contributed by atoms with Crippen molar-refractivity contribution in [2.45, 2.75) is 46.1 Å². The van der Waals surface area contributed by atoms with Crippen LogP contribution in [0.25, 0.3) is 0 Å². The Bertz CT molecular complexity index is 310. The smallest absolute Gasteiger partial charge is 0.0622 e. The van der Waals surface area contributed by atoms with Crippen LogP contribution in [0.1, 0.15) is 39.2 Å². The molecule has 0 aromatic heterocycles. The third-order valence-corrected chi connectivity index (χ3v) is 3.36. The van der Waals surface area contributed by atoms with Gasteiger partial charge in [0.15, 0.2) is 0 Å². The van der Waals surface area contributed by atoms with Crippen LogP contribution >= 0.6 is 0 Å². The highest BCUT2D eigenvalue weighted by atomic mass is 16.5. The summed E-state index contributed by atoms with van der Waals surface area (Å²) in [6, 6.07) is 11.1. The van der Waals surface area contributed by atoms with E-state index in [1.165, 1.54) is 12.0 Å². The number of benzene rings is 1. The van der Waals surface area contributed by atoms with Gasteiger partial charge in [-0.3, -0.25) is 0 Å². The van der Waals surface area contributed by atoms with E-state index in [0.29, 0.717) is 12.0 Å². The molecule has 1 rings (SSSR count). The molecule has 0 aliphatic rings. The van der Waals surface area contributed by atoms with Gasteiger partial charge >= 0.3 is 0 Å². The van der Waals surface area contributed by atoms with Gasteiger partial charge in [0, 0.05) is 12.6 Å². The highest BCUT2D eigenvalue weighted by Crippen LogP contribution is 2.05. The van der Waals surface area contributed by atoms with Crippen LogP contribution in [-0.2, 0) is 11.2 Å². The van der Waals surface area contributed by atoms with Crippen molar-refractivity contribution in [3.8, 4) is 0 Å². The van der Waals surface area contributed by atoms with Gasteiger partial charge in [0.25, 0.3) is 0 Å². The van der Waals surface area contributed by atoms with Crippen LogP contribution in [0.4, 0.5) is 0 Å². The zero-order valence-electron chi connectivity index (χ0n) is 12.7. The van der Waals surface area contributed by atoms with Gasteiger partial charge in [-0.25, -0.2) is 0 Å². The molecular weight excluding hydrogens is 234 g/mol. The zero-order chi connectivity index (χ0) is 13.9. The lowest BCUT2D eigenvalue weighted by Crippen LogP contribution is -2.38. The van der Waals surface area contributed by atoms with Gasteiger partial charge in [0.1, 0.15) is 0 Å². The second kappa shape index (κ2) is 9.99. The first-order valence-electron chi connectivity index (χ1n) is 7.59. The van der Waals surface area contributed by atoms with E-state index < -0.39 is 0 Å². The van der Waals surface area contributed by atoms with Crippen molar-refractivity contribution >= 4 is 0 Å². The highest BCUT2D eigenvalue weighted by Gasteiger charge is 2.11. The summed E-state index contributed by atoms with van der Waals surface area (Å²) >= 11 is 0. The fourth-order valence-corrected chi connectivity index (χ4v) is 2.05. The van der Waals surface area contributed by atoms with Crippen molar-refractivity contribution < 1.29 is 4.74 Å². The molecule has 2 nitrogen and oxygen atoms in total. The Morgan fingerprint density at radius 1 is 1.16 bits per heavy atom. The van der Waals surface area contributed by atoms with Gasteiger partial charge in [-0.2, -0.15) is 0 Å². The first-order chi connectivity index (χ1) is 9.24. The van der Waals surface area contributed by atoms with Crippen LogP contribution in [0.5, 0.6) is 0 Å². The lowest BCUT2D eigenvalue weighted by Gasteiger charge is -2.22. The molecule has 1 N–H and O–H groups in total. The fourth-order valence-electron chi connectivity index (χ4n) is 2.05. The predicted molar refractivity (Wildman–Crippen MR) is 82.5 cm³/mol. The summed E-state index contributed by atoms with van der Waals surface area (Å²) in [4.78, 5) is 0. The van der Waals surface area contributed by atoms with Crippen molar-refractivity contribution in [3.05, 3.63) is 35.9 Å². The summed E-state index contributed by atoms with van der Waals surface area (Å²) in [7, 11) is 0. The Balaban J connectivity index is 2.11. The molecule has 1 atom stereocenters. The van der Waals surface area contributed by atoms with Crippen LogP contribution < -0.4 is 5.32 Å². The van der Waals surface area contributed by atoms with Crippen molar-refractivity contribution in [2.75, 3.05) is 19.8 Å². The standard InChI is InChI=1S/C17H29NO/c1-4-12-18-17(15(2)3)14-19-13-8-11-16-9-6-5-7-10-16/h5-7,9-10,15,17-18H,4,8,11-14H2,1-3H3. The quantitative estimate of drug-likeness (QED) is 0.650. The van der Waals surface area contributed by atoms with E-state index in [4.69, 9.17) is 4.74 Å². The summed E-state index contributed by atoms with van der Waals surface area (Å²) in [5.74, 6) is 0.626. The minimum atomic E-state index is 0.483. The summed E-state index contributed by atoms with van der Waals surface area (Å²) in [6.07, 6.45) is 3.38. The minimum Gasteiger partial charge on any atom is -0.380 e. The average Bonchev–Trinajstić information content (AvgIpc) is 2.42. The topological polar surface area (TPSA) is 21.3 Å². The molecule has 1 unspecified atom stereocenters. The molecule has 19 heavy (non-hydrogen) atoms. The second-order valence-electron chi connectivity index (χ2n) is 5.47. The second-order valence-corrected chi connectivity index (χ2v) is 5.47. The van der Waals surface area contributed by atoms with E-state index in [2.05, 4.69) is 56.4 Å². The lowest BCUT2D eigenvalue weighted by atomic mass is 10.1. The summed E-state index contributed by atoms with van der Waals surface area (Å²) in [6.45, 7) is 9.46. The Hall–Kier alpha value is -0.860. The maximum atomic E-state index is 5.81. The van der Waals surface area contributed by atoms with E-state index in [0.717, 1.165) is 32.6 Å². The molecule has 0 saturated heterocycles. The van der Waals surface area contributed by atoms with Gasteiger partial charge in [-0.05, 0) is 37.3 Å². The van der Waals surface area contributed by atoms with Crippen molar-refractivity contribution in [2.24, 2.45) is 5.92 Å². The SMILES string of the molecule is CCCNC(COCCCc1ccccc1)C(C)C. The summed E-state index contributed by atoms with van der Waals surface area (Å²) in [5, 5.41) is 3.55. The monoisotopic (exact) mass is 263 g/mol. The number of ether oxygens (including phenoxy) is 1. The van der Waals surface area contributed by atoms with Crippen molar-refractivity contribution in [3.63, 3.8) is 0 Å². The molecule has 0 aliphatic heterocycles. The van der Waals surface area contributed by atoms with Gasteiger partial charge in [-0.15, -0.1) is 0 Å². The highest BCUT2D eigenvalue weighted by molar-refractivity contribution is 5.14. The van der Waals surface area contributed by atoms with E-state index in [1.54, 1.807) is 0 Å². The number of hydrogen-bond acceptors (Lipinski definition) is 2. The number of aryl methyl sites for hydroxylation is 1. The third-order valence-electron chi connectivity index (χ3n) is 3.36. The molecule has 1 aromatic carbocycles. The molecule has 0 fully saturated rings. The summed E-state index contributed by atoms with van der Waals surface area (Å²) < 4.78 is 5.81. The number of nitrogens with one attached hydrogen (secondary N) is 1. The number of hydrogen-bond donors (Lipinski definition) is 1. The molecule has 0 saturated carbocycles. The van der Waals surface area contributed by atoms with Gasteiger partial charge in [0.05, 0.1) is 6.61 Å². The zero-order valence-corrected chi connectivity index (χ0v) is 12.7. The molecule has 1 aromatic rings. The van der Waals surface area contributed by atoms with Crippen molar-refractivity contribution in [1.29, 1.82) is 0 Å². The van der Waals surface area contributed by atoms with E-state index in [1.807, 2.05) is 0 Å². The molecule has 2 heteroatoms. The predicted octanol–water partition coefficient (Wildman–Crippen LogP) is 3.66. The Morgan fingerprint density at radius 3 is 2.53 bits per heavy atom. The maximum Gasteiger partial charge on any atom is 0.0622 e. The number of rotatable bonds is 10. The Morgan fingerprint density at radius 2 is 1.89 bits per heavy atom. The summed E-state index contributed by atoms with van der Waals surface area (Å²) in [5.41, 5.74) is 1.40. The van der Waals surface area contributed by atoms with E-state index in [9.17, 15) is 0 Å². The molecule has 108 valence electrons. The molecule has 0 spiro atoms.